The average molecular weight is 284 g/mol. The Bertz CT molecular complexity index is 670. The Kier molecular flexibility index (Phi) is 3.64. The lowest BCUT2D eigenvalue weighted by Gasteiger charge is -2.08. The van der Waals surface area contributed by atoms with Crippen LogP contribution in [0.3, 0.4) is 0 Å². The Morgan fingerprint density at radius 3 is 2.81 bits per heavy atom. The van der Waals surface area contributed by atoms with Crippen LogP contribution in [0.15, 0.2) is 42.5 Å². The summed E-state index contributed by atoms with van der Waals surface area (Å²) in [4.78, 5) is 11.9. The summed E-state index contributed by atoms with van der Waals surface area (Å²) < 4.78 is 10.6. The number of nitrogens with one attached hydrogen (secondary N) is 1. The summed E-state index contributed by atoms with van der Waals surface area (Å²) in [5, 5.41) is 2.87. The highest BCUT2D eigenvalue weighted by atomic mass is 16.7. The highest BCUT2D eigenvalue weighted by Gasteiger charge is 2.13. The van der Waals surface area contributed by atoms with E-state index < -0.39 is 0 Å². The van der Waals surface area contributed by atoms with Crippen LogP contribution in [0.2, 0.25) is 0 Å². The van der Waals surface area contributed by atoms with Crippen molar-refractivity contribution in [2.75, 3.05) is 12.5 Å². The zero-order chi connectivity index (χ0) is 14.7. The van der Waals surface area contributed by atoms with Gasteiger partial charge in [-0.1, -0.05) is 24.3 Å². The molecule has 1 aliphatic rings. The molecule has 21 heavy (non-hydrogen) atoms. The van der Waals surface area contributed by atoms with Gasteiger partial charge in [0.25, 0.3) is 0 Å². The van der Waals surface area contributed by atoms with Gasteiger partial charge in [0.2, 0.25) is 12.7 Å². The summed E-state index contributed by atoms with van der Waals surface area (Å²) in [6.07, 6.45) is 0.275. The quantitative estimate of drug-likeness (QED) is 0.840. The molecule has 0 atom stereocenters. The van der Waals surface area contributed by atoms with E-state index in [1.807, 2.05) is 36.4 Å². The van der Waals surface area contributed by atoms with Crippen molar-refractivity contribution in [3.63, 3.8) is 0 Å². The van der Waals surface area contributed by atoms with Gasteiger partial charge in [0.05, 0.1) is 6.42 Å². The summed E-state index contributed by atoms with van der Waals surface area (Å²) >= 11 is 0. The monoisotopic (exact) mass is 284 g/mol. The fourth-order valence-electron chi connectivity index (χ4n) is 2.18. The number of carbonyl (C=O) groups is 1. The minimum absolute atomic E-state index is 0.0643. The fraction of sp³-hybridized carbons (Fsp3) is 0.188. The van der Waals surface area contributed by atoms with Gasteiger partial charge in [0.1, 0.15) is 0 Å². The molecule has 0 spiro atoms. The molecule has 108 valence electrons. The van der Waals surface area contributed by atoms with Crippen LogP contribution in [0.1, 0.15) is 11.1 Å². The SMILES string of the molecule is Nc1ccccc1CC(=O)NCc1ccc2c(c1)OCO2. The summed E-state index contributed by atoms with van der Waals surface area (Å²) in [6.45, 7) is 0.695. The molecular formula is C16H16N2O3. The number of amides is 1. The van der Waals surface area contributed by atoms with Crippen molar-refractivity contribution < 1.29 is 14.3 Å². The highest BCUT2D eigenvalue weighted by molar-refractivity contribution is 5.80. The number of hydrogen-bond acceptors (Lipinski definition) is 4. The minimum Gasteiger partial charge on any atom is -0.454 e. The molecule has 1 amide bonds. The Balaban J connectivity index is 1.58. The van der Waals surface area contributed by atoms with E-state index in [4.69, 9.17) is 15.2 Å². The van der Waals surface area contributed by atoms with Crippen LogP contribution in [-0.4, -0.2) is 12.7 Å². The number of anilines is 1. The molecule has 0 aromatic heterocycles. The van der Waals surface area contributed by atoms with Gasteiger partial charge in [-0.05, 0) is 29.3 Å². The van der Waals surface area contributed by atoms with Crippen molar-refractivity contribution in [3.05, 3.63) is 53.6 Å². The van der Waals surface area contributed by atoms with Gasteiger partial charge in [-0.25, -0.2) is 0 Å². The maximum Gasteiger partial charge on any atom is 0.231 e. The van der Waals surface area contributed by atoms with Crippen LogP contribution in [0.5, 0.6) is 11.5 Å². The van der Waals surface area contributed by atoms with Crippen molar-refractivity contribution in [3.8, 4) is 11.5 Å². The van der Waals surface area contributed by atoms with E-state index >= 15 is 0 Å². The maximum atomic E-state index is 11.9. The predicted octanol–water partition coefficient (Wildman–Crippen LogP) is 1.86. The first-order valence-corrected chi connectivity index (χ1v) is 6.71. The van der Waals surface area contributed by atoms with Crippen molar-refractivity contribution >= 4 is 11.6 Å². The zero-order valence-electron chi connectivity index (χ0n) is 11.5. The molecule has 1 aliphatic heterocycles. The zero-order valence-corrected chi connectivity index (χ0v) is 11.5. The van der Waals surface area contributed by atoms with E-state index in [-0.39, 0.29) is 19.1 Å². The Labute approximate surface area is 122 Å². The predicted molar refractivity (Wildman–Crippen MR) is 79.0 cm³/mol. The van der Waals surface area contributed by atoms with Crippen LogP contribution >= 0.6 is 0 Å². The number of rotatable bonds is 4. The normalized spacial score (nSPS) is 12.2. The van der Waals surface area contributed by atoms with Crippen LogP contribution < -0.4 is 20.5 Å². The van der Waals surface area contributed by atoms with E-state index in [0.717, 1.165) is 16.9 Å². The van der Waals surface area contributed by atoms with Crippen molar-refractivity contribution in [1.82, 2.24) is 5.32 Å². The number of benzene rings is 2. The molecule has 3 rings (SSSR count). The molecule has 5 heteroatoms. The number of nitrogens with two attached hydrogens (primary N) is 1. The molecule has 3 N–H and O–H groups in total. The standard InChI is InChI=1S/C16H16N2O3/c17-13-4-2-1-3-12(13)8-16(19)18-9-11-5-6-14-15(7-11)21-10-20-14/h1-7H,8-10,17H2,(H,18,19). The molecule has 0 saturated heterocycles. The third-order valence-corrected chi connectivity index (χ3v) is 3.33. The largest absolute Gasteiger partial charge is 0.454 e. The van der Waals surface area contributed by atoms with Crippen LogP contribution in [-0.2, 0) is 17.8 Å². The third-order valence-electron chi connectivity index (χ3n) is 3.33. The first kappa shape index (κ1) is 13.3. The molecule has 5 nitrogen and oxygen atoms in total. The first-order chi connectivity index (χ1) is 10.2. The maximum absolute atomic E-state index is 11.9. The highest BCUT2D eigenvalue weighted by Crippen LogP contribution is 2.32. The van der Waals surface area contributed by atoms with Gasteiger partial charge in [0.15, 0.2) is 11.5 Å². The average Bonchev–Trinajstić information content (AvgIpc) is 2.95. The molecule has 0 saturated carbocycles. The smallest absolute Gasteiger partial charge is 0.231 e. The second kappa shape index (κ2) is 5.75. The number of ether oxygens (including phenoxy) is 2. The van der Waals surface area contributed by atoms with E-state index in [0.29, 0.717) is 18.0 Å². The number of nitrogen functional groups attached to an aromatic ring is 1. The number of fused-ring (bicyclic) bond motifs is 1. The van der Waals surface area contributed by atoms with Crippen molar-refractivity contribution in [2.24, 2.45) is 0 Å². The Morgan fingerprint density at radius 2 is 1.95 bits per heavy atom. The summed E-state index contributed by atoms with van der Waals surface area (Å²) in [7, 11) is 0. The summed E-state index contributed by atoms with van der Waals surface area (Å²) in [6, 6.07) is 13.0. The molecule has 1 heterocycles. The topological polar surface area (TPSA) is 73.6 Å². The van der Waals surface area contributed by atoms with Crippen molar-refractivity contribution in [2.45, 2.75) is 13.0 Å². The molecule has 0 radical (unpaired) electrons. The summed E-state index contributed by atoms with van der Waals surface area (Å²) in [5.41, 5.74) is 8.26. The van der Waals surface area contributed by atoms with E-state index in [2.05, 4.69) is 5.32 Å². The lowest BCUT2D eigenvalue weighted by atomic mass is 10.1. The number of hydrogen-bond donors (Lipinski definition) is 2. The molecule has 2 aromatic rings. The number of carbonyl (C=O) groups excluding carboxylic acids is 1. The second-order valence-corrected chi connectivity index (χ2v) is 4.84. The van der Waals surface area contributed by atoms with Crippen LogP contribution in [0.25, 0.3) is 0 Å². The molecule has 0 aliphatic carbocycles. The van der Waals surface area contributed by atoms with E-state index in [1.165, 1.54) is 0 Å². The third kappa shape index (κ3) is 3.08. The van der Waals surface area contributed by atoms with E-state index in [9.17, 15) is 4.79 Å². The minimum atomic E-state index is -0.0643. The fourth-order valence-corrected chi connectivity index (χ4v) is 2.18. The summed E-state index contributed by atoms with van der Waals surface area (Å²) in [5.74, 6) is 1.39. The molecular weight excluding hydrogens is 268 g/mol. The van der Waals surface area contributed by atoms with Gasteiger partial charge >= 0.3 is 0 Å². The number of para-hydroxylation sites is 1. The van der Waals surface area contributed by atoms with Gasteiger partial charge in [-0.15, -0.1) is 0 Å². The van der Waals surface area contributed by atoms with Crippen molar-refractivity contribution in [1.29, 1.82) is 0 Å². The molecule has 0 bridgehead atoms. The molecule has 0 fully saturated rings. The second-order valence-electron chi connectivity index (χ2n) is 4.84. The van der Waals surface area contributed by atoms with Gasteiger partial charge in [-0.3, -0.25) is 4.79 Å². The Morgan fingerprint density at radius 1 is 1.14 bits per heavy atom. The van der Waals surface area contributed by atoms with Crippen LogP contribution in [0.4, 0.5) is 5.69 Å². The first-order valence-electron chi connectivity index (χ1n) is 6.71. The van der Waals surface area contributed by atoms with Gasteiger partial charge in [-0.2, -0.15) is 0 Å². The van der Waals surface area contributed by atoms with Crippen LogP contribution in [0, 0.1) is 0 Å². The molecule has 2 aromatic carbocycles. The lowest BCUT2D eigenvalue weighted by molar-refractivity contribution is -0.120. The van der Waals surface area contributed by atoms with E-state index in [1.54, 1.807) is 6.07 Å². The van der Waals surface area contributed by atoms with Gasteiger partial charge < -0.3 is 20.5 Å². The van der Waals surface area contributed by atoms with Gasteiger partial charge in [0, 0.05) is 12.2 Å². The molecule has 0 unspecified atom stereocenters. The Hall–Kier alpha value is -2.69. The lowest BCUT2D eigenvalue weighted by Crippen LogP contribution is -2.24.